The SMILES string of the molecule is Cc1ccc([C@@H](N)CC(=O)OC(C)(C)C)c(F)c1. The molecule has 0 radical (unpaired) electrons. The van der Waals surface area contributed by atoms with E-state index in [-0.39, 0.29) is 12.2 Å². The summed E-state index contributed by atoms with van der Waals surface area (Å²) < 4.78 is 18.8. The maximum absolute atomic E-state index is 13.7. The van der Waals surface area contributed by atoms with Crippen molar-refractivity contribution in [2.45, 2.75) is 45.8 Å². The second-order valence-corrected chi connectivity index (χ2v) is 5.42. The fourth-order valence-corrected chi connectivity index (χ4v) is 1.61. The van der Waals surface area contributed by atoms with Gasteiger partial charge in [0.1, 0.15) is 11.4 Å². The molecule has 1 rings (SSSR count). The van der Waals surface area contributed by atoms with Gasteiger partial charge in [-0.1, -0.05) is 12.1 Å². The van der Waals surface area contributed by atoms with Gasteiger partial charge in [-0.05, 0) is 39.3 Å². The molecule has 0 aliphatic carbocycles. The molecule has 0 amide bonds. The van der Waals surface area contributed by atoms with E-state index in [1.54, 1.807) is 39.8 Å². The summed E-state index contributed by atoms with van der Waals surface area (Å²) >= 11 is 0. The summed E-state index contributed by atoms with van der Waals surface area (Å²) in [5, 5.41) is 0. The Kier molecular flexibility index (Phi) is 4.46. The molecule has 18 heavy (non-hydrogen) atoms. The first-order valence-corrected chi connectivity index (χ1v) is 5.92. The molecule has 0 saturated heterocycles. The van der Waals surface area contributed by atoms with Crippen molar-refractivity contribution in [2.75, 3.05) is 0 Å². The molecular formula is C14H20FNO2. The van der Waals surface area contributed by atoms with Crippen molar-refractivity contribution in [1.29, 1.82) is 0 Å². The molecule has 0 bridgehead atoms. The Labute approximate surface area is 107 Å². The molecule has 0 aromatic heterocycles. The van der Waals surface area contributed by atoms with Crippen LogP contribution in [0.2, 0.25) is 0 Å². The van der Waals surface area contributed by atoms with Gasteiger partial charge in [0.05, 0.1) is 6.42 Å². The van der Waals surface area contributed by atoms with E-state index in [0.29, 0.717) is 5.56 Å². The number of carbonyl (C=O) groups excluding carboxylic acids is 1. The van der Waals surface area contributed by atoms with Gasteiger partial charge in [-0.2, -0.15) is 0 Å². The van der Waals surface area contributed by atoms with Crippen LogP contribution in [0.25, 0.3) is 0 Å². The predicted molar refractivity (Wildman–Crippen MR) is 68.5 cm³/mol. The largest absolute Gasteiger partial charge is 0.460 e. The first-order valence-electron chi connectivity index (χ1n) is 5.92. The van der Waals surface area contributed by atoms with E-state index < -0.39 is 17.6 Å². The molecule has 0 fully saturated rings. The van der Waals surface area contributed by atoms with Crippen LogP contribution in [0, 0.1) is 12.7 Å². The van der Waals surface area contributed by atoms with Crippen LogP contribution in [-0.4, -0.2) is 11.6 Å². The number of benzene rings is 1. The number of ether oxygens (including phenoxy) is 1. The molecule has 0 aliphatic rings. The first kappa shape index (κ1) is 14.6. The number of aryl methyl sites for hydroxylation is 1. The smallest absolute Gasteiger partial charge is 0.308 e. The molecule has 3 nitrogen and oxygen atoms in total. The zero-order valence-corrected chi connectivity index (χ0v) is 11.3. The van der Waals surface area contributed by atoms with E-state index in [1.165, 1.54) is 6.07 Å². The van der Waals surface area contributed by atoms with Gasteiger partial charge >= 0.3 is 5.97 Å². The predicted octanol–water partition coefficient (Wildman–Crippen LogP) is 2.87. The molecule has 1 aromatic rings. The quantitative estimate of drug-likeness (QED) is 0.843. The number of nitrogens with two attached hydrogens (primary N) is 1. The van der Waals surface area contributed by atoms with Gasteiger partial charge in [-0.15, -0.1) is 0 Å². The lowest BCUT2D eigenvalue weighted by atomic mass is 10.0. The van der Waals surface area contributed by atoms with Gasteiger partial charge in [0.15, 0.2) is 0 Å². The zero-order chi connectivity index (χ0) is 13.9. The van der Waals surface area contributed by atoms with Gasteiger partial charge in [-0.3, -0.25) is 4.79 Å². The lowest BCUT2D eigenvalue weighted by Gasteiger charge is -2.21. The molecule has 2 N–H and O–H groups in total. The summed E-state index contributed by atoms with van der Waals surface area (Å²) in [4.78, 5) is 11.6. The minimum Gasteiger partial charge on any atom is -0.460 e. The molecule has 0 heterocycles. The van der Waals surface area contributed by atoms with Crippen molar-refractivity contribution >= 4 is 5.97 Å². The Morgan fingerprint density at radius 3 is 2.56 bits per heavy atom. The van der Waals surface area contributed by atoms with Gasteiger partial charge in [-0.25, -0.2) is 4.39 Å². The molecule has 100 valence electrons. The summed E-state index contributed by atoms with van der Waals surface area (Å²) in [6.07, 6.45) is -0.0305. The highest BCUT2D eigenvalue weighted by molar-refractivity contribution is 5.71. The fourth-order valence-electron chi connectivity index (χ4n) is 1.61. The van der Waals surface area contributed by atoms with E-state index in [9.17, 15) is 9.18 Å². The molecule has 1 aromatic carbocycles. The number of hydrogen-bond donors (Lipinski definition) is 1. The summed E-state index contributed by atoms with van der Waals surface area (Å²) in [5.41, 5.74) is 6.43. The molecule has 0 spiro atoms. The number of rotatable bonds is 3. The average molecular weight is 253 g/mol. The minimum atomic E-state index is -0.680. The van der Waals surface area contributed by atoms with E-state index >= 15 is 0 Å². The van der Waals surface area contributed by atoms with E-state index in [1.807, 2.05) is 0 Å². The van der Waals surface area contributed by atoms with Crippen molar-refractivity contribution in [2.24, 2.45) is 5.73 Å². The van der Waals surface area contributed by atoms with E-state index in [2.05, 4.69) is 0 Å². The van der Waals surface area contributed by atoms with Crippen LogP contribution >= 0.6 is 0 Å². The second-order valence-electron chi connectivity index (χ2n) is 5.42. The van der Waals surface area contributed by atoms with Crippen molar-refractivity contribution in [3.8, 4) is 0 Å². The Balaban J connectivity index is 2.71. The van der Waals surface area contributed by atoms with Crippen LogP contribution in [0.5, 0.6) is 0 Å². The highest BCUT2D eigenvalue weighted by atomic mass is 19.1. The molecule has 1 atom stereocenters. The van der Waals surface area contributed by atoms with Crippen molar-refractivity contribution < 1.29 is 13.9 Å². The summed E-state index contributed by atoms with van der Waals surface area (Å²) in [6, 6.07) is 4.11. The number of hydrogen-bond acceptors (Lipinski definition) is 3. The lowest BCUT2D eigenvalue weighted by Crippen LogP contribution is -2.26. The van der Waals surface area contributed by atoms with Crippen molar-refractivity contribution in [3.63, 3.8) is 0 Å². The Hall–Kier alpha value is -1.42. The van der Waals surface area contributed by atoms with Crippen LogP contribution < -0.4 is 5.73 Å². The Morgan fingerprint density at radius 2 is 2.06 bits per heavy atom. The number of halogens is 1. The van der Waals surface area contributed by atoms with Crippen molar-refractivity contribution in [1.82, 2.24) is 0 Å². The van der Waals surface area contributed by atoms with E-state index in [0.717, 1.165) is 5.56 Å². The highest BCUT2D eigenvalue weighted by Crippen LogP contribution is 2.20. The maximum Gasteiger partial charge on any atom is 0.308 e. The summed E-state index contributed by atoms with van der Waals surface area (Å²) in [5.74, 6) is -0.805. The van der Waals surface area contributed by atoms with Gasteiger partial charge in [0.2, 0.25) is 0 Å². The molecule has 0 saturated carbocycles. The van der Waals surface area contributed by atoms with Crippen LogP contribution in [0.4, 0.5) is 4.39 Å². The highest BCUT2D eigenvalue weighted by Gasteiger charge is 2.20. The van der Waals surface area contributed by atoms with Crippen LogP contribution in [-0.2, 0) is 9.53 Å². The Morgan fingerprint density at radius 1 is 1.44 bits per heavy atom. The zero-order valence-electron chi connectivity index (χ0n) is 11.3. The summed E-state index contributed by atoms with van der Waals surface area (Å²) in [6.45, 7) is 7.14. The molecule has 0 unspecified atom stereocenters. The second kappa shape index (κ2) is 5.48. The minimum absolute atomic E-state index is 0.0305. The Bertz CT molecular complexity index is 438. The van der Waals surface area contributed by atoms with Crippen LogP contribution in [0.15, 0.2) is 18.2 Å². The third kappa shape index (κ3) is 4.45. The topological polar surface area (TPSA) is 52.3 Å². The first-order chi connectivity index (χ1) is 8.19. The number of carbonyl (C=O) groups is 1. The normalized spacial score (nSPS) is 13.2. The molecular weight excluding hydrogens is 233 g/mol. The van der Waals surface area contributed by atoms with Crippen LogP contribution in [0.1, 0.15) is 44.4 Å². The van der Waals surface area contributed by atoms with Gasteiger partial charge < -0.3 is 10.5 Å². The molecule has 4 heteroatoms. The maximum atomic E-state index is 13.7. The van der Waals surface area contributed by atoms with Crippen molar-refractivity contribution in [3.05, 3.63) is 35.1 Å². The average Bonchev–Trinajstić information content (AvgIpc) is 2.13. The number of esters is 1. The monoisotopic (exact) mass is 253 g/mol. The standard InChI is InChI=1S/C14H20FNO2/c1-9-5-6-10(11(15)7-9)12(16)8-13(17)18-14(2,3)4/h5-7,12H,8,16H2,1-4H3/t12-/m0/s1. The van der Waals surface area contributed by atoms with Crippen LogP contribution in [0.3, 0.4) is 0 Å². The van der Waals surface area contributed by atoms with Gasteiger partial charge in [0.25, 0.3) is 0 Å². The van der Waals surface area contributed by atoms with E-state index in [4.69, 9.17) is 10.5 Å². The summed E-state index contributed by atoms with van der Waals surface area (Å²) in [7, 11) is 0. The third-order valence-corrected chi connectivity index (χ3v) is 2.36. The lowest BCUT2D eigenvalue weighted by molar-refractivity contribution is -0.155. The van der Waals surface area contributed by atoms with Gasteiger partial charge in [0, 0.05) is 11.6 Å². The third-order valence-electron chi connectivity index (χ3n) is 2.36. The molecule has 0 aliphatic heterocycles. The fraction of sp³-hybridized carbons (Fsp3) is 0.500.